The minimum atomic E-state index is 0.117. The third-order valence-corrected chi connectivity index (χ3v) is 3.96. The minimum absolute atomic E-state index is 0.117. The molecule has 0 saturated carbocycles. The van der Waals surface area contributed by atoms with Gasteiger partial charge in [0.05, 0.1) is 16.5 Å². The number of halogens is 1. The SMILES string of the molecule is Oc1ccccc1-c1nc(Oc2cccc(Cl)c2)c2ccccc2n1. The Kier molecular flexibility index (Phi) is 3.96. The smallest absolute Gasteiger partial charge is 0.230 e. The number of phenols is 1. The fourth-order valence-electron chi connectivity index (χ4n) is 2.55. The van der Waals surface area contributed by atoms with Crippen LogP contribution in [0.1, 0.15) is 0 Å². The van der Waals surface area contributed by atoms with Gasteiger partial charge in [-0.05, 0) is 42.5 Å². The van der Waals surface area contributed by atoms with E-state index in [2.05, 4.69) is 9.97 Å². The Bertz CT molecular complexity index is 1070. The Morgan fingerprint density at radius 1 is 0.840 bits per heavy atom. The lowest BCUT2D eigenvalue weighted by Crippen LogP contribution is -1.96. The number of hydrogen-bond donors (Lipinski definition) is 1. The van der Waals surface area contributed by atoms with E-state index in [0.717, 1.165) is 10.9 Å². The van der Waals surface area contributed by atoms with Crippen LogP contribution in [0.3, 0.4) is 0 Å². The van der Waals surface area contributed by atoms with Gasteiger partial charge in [0.25, 0.3) is 0 Å². The van der Waals surface area contributed by atoms with Crippen molar-refractivity contribution in [2.45, 2.75) is 0 Å². The summed E-state index contributed by atoms with van der Waals surface area (Å²) in [6.45, 7) is 0. The number of phenolic OH excluding ortho intramolecular Hbond substituents is 1. The number of nitrogens with zero attached hydrogens (tertiary/aromatic N) is 2. The molecule has 1 aromatic heterocycles. The quantitative estimate of drug-likeness (QED) is 0.535. The molecule has 0 atom stereocenters. The molecule has 1 N–H and O–H groups in total. The highest BCUT2D eigenvalue weighted by molar-refractivity contribution is 6.30. The normalized spacial score (nSPS) is 10.8. The zero-order valence-corrected chi connectivity index (χ0v) is 13.8. The molecule has 0 unspecified atom stereocenters. The zero-order chi connectivity index (χ0) is 17.2. The first kappa shape index (κ1) is 15.4. The van der Waals surface area contributed by atoms with E-state index < -0.39 is 0 Å². The van der Waals surface area contributed by atoms with E-state index in [-0.39, 0.29) is 5.75 Å². The fourth-order valence-corrected chi connectivity index (χ4v) is 2.73. The average molecular weight is 349 g/mol. The van der Waals surface area contributed by atoms with E-state index in [1.165, 1.54) is 0 Å². The molecule has 0 spiro atoms. The van der Waals surface area contributed by atoms with Gasteiger partial charge in [0.2, 0.25) is 5.88 Å². The number of aromatic nitrogens is 2. The van der Waals surface area contributed by atoms with Crippen molar-refractivity contribution in [3.63, 3.8) is 0 Å². The Morgan fingerprint density at radius 2 is 1.64 bits per heavy atom. The standard InChI is InChI=1S/C20H13ClN2O2/c21-13-6-5-7-14(12-13)25-20-15-8-1-3-10-17(15)22-19(23-20)16-9-2-4-11-18(16)24/h1-12,24H. The molecule has 0 fully saturated rings. The summed E-state index contributed by atoms with van der Waals surface area (Å²) in [5.41, 5.74) is 1.27. The van der Waals surface area contributed by atoms with Gasteiger partial charge in [-0.3, -0.25) is 0 Å². The summed E-state index contributed by atoms with van der Waals surface area (Å²) in [6, 6.07) is 21.6. The second kappa shape index (κ2) is 6.42. The van der Waals surface area contributed by atoms with Crippen molar-refractivity contribution >= 4 is 22.5 Å². The molecule has 5 heteroatoms. The van der Waals surface area contributed by atoms with Gasteiger partial charge >= 0.3 is 0 Å². The zero-order valence-electron chi connectivity index (χ0n) is 13.1. The van der Waals surface area contributed by atoms with Crippen molar-refractivity contribution < 1.29 is 9.84 Å². The molecule has 4 aromatic rings. The highest BCUT2D eigenvalue weighted by Gasteiger charge is 2.13. The Labute approximate surface area is 149 Å². The molecule has 0 aliphatic heterocycles. The third kappa shape index (κ3) is 3.12. The predicted molar refractivity (Wildman–Crippen MR) is 98.2 cm³/mol. The number of ether oxygens (including phenoxy) is 1. The average Bonchev–Trinajstić information content (AvgIpc) is 2.62. The fraction of sp³-hybridized carbons (Fsp3) is 0. The van der Waals surface area contributed by atoms with E-state index in [4.69, 9.17) is 16.3 Å². The van der Waals surface area contributed by atoms with Gasteiger partial charge in [0, 0.05) is 5.02 Å². The highest BCUT2D eigenvalue weighted by atomic mass is 35.5. The van der Waals surface area contributed by atoms with Crippen molar-refractivity contribution in [3.05, 3.63) is 77.8 Å². The second-order valence-electron chi connectivity index (χ2n) is 5.45. The van der Waals surface area contributed by atoms with Crippen molar-refractivity contribution in [2.75, 3.05) is 0 Å². The van der Waals surface area contributed by atoms with Crippen LogP contribution in [0.15, 0.2) is 72.8 Å². The van der Waals surface area contributed by atoms with Gasteiger partial charge in [0.1, 0.15) is 11.5 Å². The van der Waals surface area contributed by atoms with E-state index >= 15 is 0 Å². The molecule has 0 radical (unpaired) electrons. The molecule has 0 aliphatic rings. The molecular weight excluding hydrogens is 336 g/mol. The number of para-hydroxylation sites is 2. The van der Waals surface area contributed by atoms with Gasteiger partial charge in [-0.1, -0.05) is 41.9 Å². The summed E-state index contributed by atoms with van der Waals surface area (Å²) in [5, 5.41) is 11.5. The van der Waals surface area contributed by atoms with Crippen LogP contribution in [0.2, 0.25) is 5.02 Å². The summed E-state index contributed by atoms with van der Waals surface area (Å²) in [6.07, 6.45) is 0. The van der Waals surface area contributed by atoms with Crippen LogP contribution >= 0.6 is 11.6 Å². The van der Waals surface area contributed by atoms with Crippen molar-refractivity contribution in [1.82, 2.24) is 9.97 Å². The number of fused-ring (bicyclic) bond motifs is 1. The van der Waals surface area contributed by atoms with Crippen LogP contribution in [-0.2, 0) is 0 Å². The Morgan fingerprint density at radius 3 is 2.48 bits per heavy atom. The first-order valence-electron chi connectivity index (χ1n) is 7.69. The summed E-state index contributed by atoms with van der Waals surface area (Å²) < 4.78 is 5.96. The third-order valence-electron chi connectivity index (χ3n) is 3.72. The number of benzene rings is 3. The largest absolute Gasteiger partial charge is 0.507 e. The molecular formula is C20H13ClN2O2. The van der Waals surface area contributed by atoms with E-state index in [1.54, 1.807) is 30.3 Å². The van der Waals surface area contributed by atoms with Crippen LogP contribution in [-0.4, -0.2) is 15.1 Å². The molecule has 0 saturated heterocycles. The van der Waals surface area contributed by atoms with E-state index in [1.807, 2.05) is 42.5 Å². The van der Waals surface area contributed by atoms with Gasteiger partial charge in [-0.2, -0.15) is 4.98 Å². The summed E-state index contributed by atoms with van der Waals surface area (Å²) in [4.78, 5) is 9.07. The van der Waals surface area contributed by atoms with Crippen molar-refractivity contribution in [1.29, 1.82) is 0 Å². The molecule has 0 bridgehead atoms. The number of aromatic hydroxyl groups is 1. The van der Waals surface area contributed by atoms with Crippen LogP contribution in [0.25, 0.3) is 22.3 Å². The Balaban J connectivity index is 1.89. The lowest BCUT2D eigenvalue weighted by Gasteiger charge is -2.11. The number of hydrogen-bond acceptors (Lipinski definition) is 4. The first-order chi connectivity index (χ1) is 12.2. The molecule has 4 nitrogen and oxygen atoms in total. The summed E-state index contributed by atoms with van der Waals surface area (Å²) in [7, 11) is 0. The van der Waals surface area contributed by atoms with E-state index in [0.29, 0.717) is 28.0 Å². The lowest BCUT2D eigenvalue weighted by atomic mass is 10.1. The van der Waals surface area contributed by atoms with Crippen molar-refractivity contribution in [3.8, 4) is 28.8 Å². The van der Waals surface area contributed by atoms with Gasteiger partial charge in [0.15, 0.2) is 5.82 Å². The Hall–Kier alpha value is -3.11. The van der Waals surface area contributed by atoms with Crippen LogP contribution in [0, 0.1) is 0 Å². The van der Waals surface area contributed by atoms with E-state index in [9.17, 15) is 5.11 Å². The van der Waals surface area contributed by atoms with Gasteiger partial charge in [-0.25, -0.2) is 4.98 Å². The number of rotatable bonds is 3. The monoisotopic (exact) mass is 348 g/mol. The molecule has 122 valence electrons. The molecule has 0 amide bonds. The molecule has 0 aliphatic carbocycles. The lowest BCUT2D eigenvalue weighted by molar-refractivity contribution is 0.467. The maximum atomic E-state index is 10.1. The molecule has 3 aromatic carbocycles. The van der Waals surface area contributed by atoms with Gasteiger partial charge < -0.3 is 9.84 Å². The first-order valence-corrected chi connectivity index (χ1v) is 8.07. The summed E-state index contributed by atoms with van der Waals surface area (Å²) >= 11 is 6.03. The topological polar surface area (TPSA) is 55.2 Å². The minimum Gasteiger partial charge on any atom is -0.507 e. The molecule has 4 rings (SSSR count). The predicted octanol–water partition coefficient (Wildman–Crippen LogP) is 5.45. The van der Waals surface area contributed by atoms with Crippen LogP contribution < -0.4 is 4.74 Å². The maximum absolute atomic E-state index is 10.1. The highest BCUT2D eigenvalue weighted by Crippen LogP contribution is 2.33. The molecule has 1 heterocycles. The van der Waals surface area contributed by atoms with Crippen LogP contribution in [0.4, 0.5) is 0 Å². The van der Waals surface area contributed by atoms with Crippen molar-refractivity contribution in [2.24, 2.45) is 0 Å². The molecule has 25 heavy (non-hydrogen) atoms. The van der Waals surface area contributed by atoms with Crippen LogP contribution in [0.5, 0.6) is 17.4 Å². The maximum Gasteiger partial charge on any atom is 0.230 e. The van der Waals surface area contributed by atoms with Gasteiger partial charge in [-0.15, -0.1) is 0 Å². The second-order valence-corrected chi connectivity index (χ2v) is 5.88. The summed E-state index contributed by atoms with van der Waals surface area (Å²) in [5.74, 6) is 1.51.